The summed E-state index contributed by atoms with van der Waals surface area (Å²) in [5.74, 6) is -0.697. The second kappa shape index (κ2) is 8.53. The van der Waals surface area contributed by atoms with Crippen molar-refractivity contribution in [3.8, 4) is 0 Å². The number of ether oxygens (including phenoxy) is 1. The molecule has 1 aliphatic rings. The number of rotatable bonds is 6. The van der Waals surface area contributed by atoms with Crippen LogP contribution in [0.2, 0.25) is 0 Å². The molecule has 1 aromatic rings. The summed E-state index contributed by atoms with van der Waals surface area (Å²) in [7, 11) is -3.54. The maximum Gasteiger partial charge on any atom is 0.341 e. The minimum atomic E-state index is -3.54. The molecule has 144 valence electrons. The van der Waals surface area contributed by atoms with Gasteiger partial charge in [0.1, 0.15) is 0 Å². The maximum absolute atomic E-state index is 12.4. The van der Waals surface area contributed by atoms with Crippen molar-refractivity contribution in [2.45, 2.75) is 51.7 Å². The molecule has 26 heavy (non-hydrogen) atoms. The lowest BCUT2D eigenvalue weighted by Gasteiger charge is -2.30. The molecule has 1 fully saturated rings. The molecule has 1 amide bonds. The van der Waals surface area contributed by atoms with Gasteiger partial charge >= 0.3 is 5.97 Å². The maximum atomic E-state index is 12.4. The number of para-hydroxylation sites is 1. The van der Waals surface area contributed by atoms with Crippen molar-refractivity contribution in [1.29, 1.82) is 0 Å². The van der Waals surface area contributed by atoms with Gasteiger partial charge in [-0.05, 0) is 37.8 Å². The molecule has 0 aromatic heterocycles. The van der Waals surface area contributed by atoms with Crippen LogP contribution in [0.5, 0.6) is 0 Å². The zero-order valence-corrected chi connectivity index (χ0v) is 16.1. The van der Waals surface area contributed by atoms with Gasteiger partial charge in [-0.3, -0.25) is 9.52 Å². The van der Waals surface area contributed by atoms with Gasteiger partial charge in [0.15, 0.2) is 6.10 Å². The number of nitrogens with one attached hydrogen (secondary N) is 2. The van der Waals surface area contributed by atoms with Gasteiger partial charge in [0.25, 0.3) is 5.91 Å². The number of anilines is 1. The zero-order valence-electron chi connectivity index (χ0n) is 15.3. The van der Waals surface area contributed by atoms with E-state index in [-0.39, 0.29) is 23.2 Å². The van der Waals surface area contributed by atoms with E-state index in [0.29, 0.717) is 5.92 Å². The van der Waals surface area contributed by atoms with Gasteiger partial charge in [0.05, 0.1) is 17.5 Å². The van der Waals surface area contributed by atoms with Gasteiger partial charge in [-0.1, -0.05) is 31.9 Å². The number of esters is 1. The van der Waals surface area contributed by atoms with Gasteiger partial charge in [-0.15, -0.1) is 0 Å². The van der Waals surface area contributed by atoms with Gasteiger partial charge in [-0.2, -0.15) is 0 Å². The normalized spacial score (nSPS) is 21.5. The SMILES string of the molecule is C[C@H](OC(=O)c1ccccc1NS(C)(=O)=O)C(=O)N[C@@H]1CCCC[C@@H]1C. The highest BCUT2D eigenvalue weighted by atomic mass is 32.2. The third-order valence-corrected chi connectivity index (χ3v) is 5.13. The molecule has 0 radical (unpaired) electrons. The summed E-state index contributed by atoms with van der Waals surface area (Å²) < 4.78 is 30.4. The molecule has 1 saturated carbocycles. The highest BCUT2D eigenvalue weighted by molar-refractivity contribution is 7.92. The third kappa shape index (κ3) is 5.72. The number of carbonyl (C=O) groups excluding carboxylic acids is 2. The van der Waals surface area contributed by atoms with Crippen LogP contribution in [-0.4, -0.2) is 38.7 Å². The number of amides is 1. The molecule has 0 saturated heterocycles. The van der Waals surface area contributed by atoms with Crippen molar-refractivity contribution in [1.82, 2.24) is 5.32 Å². The van der Waals surface area contributed by atoms with Crippen molar-refractivity contribution in [3.05, 3.63) is 29.8 Å². The largest absolute Gasteiger partial charge is 0.449 e. The number of hydrogen-bond acceptors (Lipinski definition) is 5. The Bertz CT molecular complexity index is 763. The molecule has 2 rings (SSSR count). The van der Waals surface area contributed by atoms with E-state index in [9.17, 15) is 18.0 Å². The highest BCUT2D eigenvalue weighted by Crippen LogP contribution is 2.24. The fourth-order valence-corrected chi connectivity index (χ4v) is 3.64. The van der Waals surface area contributed by atoms with E-state index >= 15 is 0 Å². The number of benzene rings is 1. The first-order valence-electron chi connectivity index (χ1n) is 8.75. The molecule has 0 spiro atoms. The van der Waals surface area contributed by atoms with Crippen LogP contribution in [0.25, 0.3) is 0 Å². The van der Waals surface area contributed by atoms with Crippen molar-refractivity contribution >= 4 is 27.6 Å². The lowest BCUT2D eigenvalue weighted by atomic mass is 9.86. The predicted molar refractivity (Wildman–Crippen MR) is 99.3 cm³/mol. The van der Waals surface area contributed by atoms with Gasteiger partial charge in [0, 0.05) is 6.04 Å². The molecule has 2 N–H and O–H groups in total. The van der Waals surface area contributed by atoms with E-state index in [1.165, 1.54) is 25.5 Å². The smallest absolute Gasteiger partial charge is 0.341 e. The van der Waals surface area contributed by atoms with Crippen LogP contribution in [0, 0.1) is 5.92 Å². The second-order valence-electron chi connectivity index (χ2n) is 6.84. The van der Waals surface area contributed by atoms with Gasteiger partial charge in [0.2, 0.25) is 10.0 Å². The molecule has 0 heterocycles. The first kappa shape index (κ1) is 20.2. The minimum absolute atomic E-state index is 0.0589. The summed E-state index contributed by atoms with van der Waals surface area (Å²) >= 11 is 0. The average Bonchev–Trinajstić information content (AvgIpc) is 2.55. The summed E-state index contributed by atoms with van der Waals surface area (Å²) in [5.41, 5.74) is 0.178. The van der Waals surface area contributed by atoms with E-state index in [0.717, 1.165) is 25.5 Å². The molecule has 0 aliphatic heterocycles. The van der Waals surface area contributed by atoms with E-state index in [1.807, 2.05) is 0 Å². The summed E-state index contributed by atoms with van der Waals surface area (Å²) in [6.45, 7) is 3.61. The third-order valence-electron chi connectivity index (χ3n) is 4.53. The Balaban J connectivity index is 2.01. The topological polar surface area (TPSA) is 102 Å². The number of sulfonamides is 1. The summed E-state index contributed by atoms with van der Waals surface area (Å²) in [6.07, 6.45) is 4.27. The van der Waals surface area contributed by atoms with Crippen LogP contribution in [0.3, 0.4) is 0 Å². The second-order valence-corrected chi connectivity index (χ2v) is 8.59. The van der Waals surface area contributed by atoms with Crippen molar-refractivity contribution in [2.24, 2.45) is 5.92 Å². The number of carbonyl (C=O) groups is 2. The molecular weight excluding hydrogens is 356 g/mol. The standard InChI is InChI=1S/C18H26N2O5S/c1-12-8-4-6-10-15(12)19-17(21)13(2)25-18(22)14-9-5-7-11-16(14)20-26(3,23)24/h5,7,9,11-13,15,20H,4,6,8,10H2,1-3H3,(H,19,21)/t12-,13-,15+/m0/s1. The summed E-state index contributed by atoms with van der Waals surface area (Å²) in [6, 6.07) is 6.20. The van der Waals surface area contributed by atoms with Gasteiger partial charge < -0.3 is 10.1 Å². The lowest BCUT2D eigenvalue weighted by molar-refractivity contribution is -0.130. The molecule has 1 aromatic carbocycles. The van der Waals surface area contributed by atoms with Crippen molar-refractivity contribution in [2.75, 3.05) is 11.0 Å². The Labute approximate surface area is 154 Å². The Morgan fingerprint density at radius 3 is 2.50 bits per heavy atom. The Morgan fingerprint density at radius 1 is 1.19 bits per heavy atom. The van der Waals surface area contributed by atoms with Crippen LogP contribution in [-0.2, 0) is 19.6 Å². The Morgan fingerprint density at radius 2 is 1.85 bits per heavy atom. The molecule has 8 heteroatoms. The molecule has 7 nitrogen and oxygen atoms in total. The fraction of sp³-hybridized carbons (Fsp3) is 0.556. The van der Waals surface area contributed by atoms with E-state index in [2.05, 4.69) is 17.0 Å². The van der Waals surface area contributed by atoms with Gasteiger partial charge in [-0.25, -0.2) is 13.2 Å². The number of hydrogen-bond donors (Lipinski definition) is 2. The van der Waals surface area contributed by atoms with E-state index < -0.39 is 22.1 Å². The Hall–Kier alpha value is -2.09. The van der Waals surface area contributed by atoms with Crippen LogP contribution < -0.4 is 10.0 Å². The van der Waals surface area contributed by atoms with Crippen molar-refractivity contribution < 1.29 is 22.7 Å². The highest BCUT2D eigenvalue weighted by Gasteiger charge is 2.27. The predicted octanol–water partition coefficient (Wildman–Crippen LogP) is 2.30. The minimum Gasteiger partial charge on any atom is -0.449 e. The molecule has 0 unspecified atom stereocenters. The van der Waals surface area contributed by atoms with Crippen LogP contribution in [0.15, 0.2) is 24.3 Å². The van der Waals surface area contributed by atoms with E-state index in [1.54, 1.807) is 12.1 Å². The quantitative estimate of drug-likeness (QED) is 0.735. The zero-order chi connectivity index (χ0) is 19.3. The lowest BCUT2D eigenvalue weighted by Crippen LogP contribution is -2.46. The molecule has 3 atom stereocenters. The summed E-state index contributed by atoms with van der Waals surface area (Å²) in [5, 5.41) is 2.95. The average molecular weight is 382 g/mol. The van der Waals surface area contributed by atoms with E-state index in [4.69, 9.17) is 4.74 Å². The molecule has 1 aliphatic carbocycles. The molecular formula is C18H26N2O5S. The molecule has 0 bridgehead atoms. The Kier molecular flexibility index (Phi) is 6.63. The monoisotopic (exact) mass is 382 g/mol. The summed E-state index contributed by atoms with van der Waals surface area (Å²) in [4.78, 5) is 24.7. The van der Waals surface area contributed by atoms with Crippen LogP contribution >= 0.6 is 0 Å². The van der Waals surface area contributed by atoms with Crippen LogP contribution in [0.1, 0.15) is 49.9 Å². The first-order valence-corrected chi connectivity index (χ1v) is 10.6. The van der Waals surface area contributed by atoms with Crippen LogP contribution in [0.4, 0.5) is 5.69 Å². The first-order chi connectivity index (χ1) is 12.2. The van der Waals surface area contributed by atoms with Crippen molar-refractivity contribution in [3.63, 3.8) is 0 Å². The fourth-order valence-electron chi connectivity index (χ4n) is 3.06.